The molecule has 1 saturated carbocycles. The SMILES string of the molecule is O=C(CNCc1cc(F)ccc1F)NC1CCCCC1. The van der Waals surface area contributed by atoms with E-state index in [0.717, 1.165) is 43.9 Å². The van der Waals surface area contributed by atoms with Gasteiger partial charge in [-0.15, -0.1) is 0 Å². The van der Waals surface area contributed by atoms with Crippen molar-refractivity contribution in [2.24, 2.45) is 0 Å². The molecule has 3 nitrogen and oxygen atoms in total. The van der Waals surface area contributed by atoms with Crippen LogP contribution in [0.5, 0.6) is 0 Å². The number of rotatable bonds is 5. The summed E-state index contributed by atoms with van der Waals surface area (Å²) in [5, 5.41) is 5.80. The molecule has 0 aliphatic heterocycles. The van der Waals surface area contributed by atoms with Gasteiger partial charge in [-0.2, -0.15) is 0 Å². The largest absolute Gasteiger partial charge is 0.352 e. The lowest BCUT2D eigenvalue weighted by atomic mass is 9.95. The van der Waals surface area contributed by atoms with Crippen LogP contribution in [0.25, 0.3) is 0 Å². The molecule has 20 heavy (non-hydrogen) atoms. The average molecular weight is 282 g/mol. The van der Waals surface area contributed by atoms with Gasteiger partial charge in [0.15, 0.2) is 0 Å². The van der Waals surface area contributed by atoms with Gasteiger partial charge in [-0.1, -0.05) is 19.3 Å². The number of nitrogens with one attached hydrogen (secondary N) is 2. The summed E-state index contributed by atoms with van der Waals surface area (Å²) < 4.78 is 26.3. The molecule has 1 aromatic rings. The molecule has 5 heteroatoms. The predicted octanol–water partition coefficient (Wildman–Crippen LogP) is 2.50. The zero-order valence-electron chi connectivity index (χ0n) is 11.4. The van der Waals surface area contributed by atoms with E-state index in [-0.39, 0.29) is 30.6 Å². The van der Waals surface area contributed by atoms with Crippen LogP contribution >= 0.6 is 0 Å². The van der Waals surface area contributed by atoms with Crippen molar-refractivity contribution in [3.63, 3.8) is 0 Å². The van der Waals surface area contributed by atoms with E-state index in [1.54, 1.807) is 0 Å². The van der Waals surface area contributed by atoms with Gasteiger partial charge in [-0.25, -0.2) is 8.78 Å². The summed E-state index contributed by atoms with van der Waals surface area (Å²) >= 11 is 0. The highest BCUT2D eigenvalue weighted by atomic mass is 19.1. The summed E-state index contributed by atoms with van der Waals surface area (Å²) in [5.41, 5.74) is 0.232. The van der Waals surface area contributed by atoms with E-state index < -0.39 is 11.6 Å². The van der Waals surface area contributed by atoms with E-state index in [4.69, 9.17) is 0 Å². The standard InChI is InChI=1S/C15H20F2N2O/c16-12-6-7-14(17)11(8-12)9-18-10-15(20)19-13-4-2-1-3-5-13/h6-8,13,18H,1-5,9-10H2,(H,19,20). The molecule has 1 fully saturated rings. The van der Waals surface area contributed by atoms with Crippen LogP contribution in [0.1, 0.15) is 37.7 Å². The first-order valence-corrected chi connectivity index (χ1v) is 7.09. The Morgan fingerprint density at radius 2 is 1.95 bits per heavy atom. The fourth-order valence-electron chi connectivity index (χ4n) is 2.52. The first kappa shape index (κ1) is 14.9. The molecular weight excluding hydrogens is 262 g/mol. The predicted molar refractivity (Wildman–Crippen MR) is 73.1 cm³/mol. The topological polar surface area (TPSA) is 41.1 Å². The van der Waals surface area contributed by atoms with E-state index in [1.165, 1.54) is 6.42 Å². The third kappa shape index (κ3) is 4.56. The molecule has 1 aliphatic carbocycles. The number of carbonyl (C=O) groups is 1. The normalized spacial score (nSPS) is 16.1. The van der Waals surface area contributed by atoms with Crippen LogP contribution < -0.4 is 10.6 Å². The lowest BCUT2D eigenvalue weighted by Crippen LogP contribution is -2.41. The van der Waals surface area contributed by atoms with E-state index in [0.29, 0.717) is 0 Å². The smallest absolute Gasteiger partial charge is 0.234 e. The molecule has 2 N–H and O–H groups in total. The molecule has 0 unspecified atom stereocenters. The number of hydrogen-bond donors (Lipinski definition) is 2. The van der Waals surface area contributed by atoms with E-state index >= 15 is 0 Å². The Hall–Kier alpha value is -1.49. The van der Waals surface area contributed by atoms with Gasteiger partial charge in [0.2, 0.25) is 5.91 Å². The second-order valence-electron chi connectivity index (χ2n) is 5.24. The monoisotopic (exact) mass is 282 g/mol. The number of hydrogen-bond acceptors (Lipinski definition) is 2. The van der Waals surface area contributed by atoms with Crippen LogP contribution in [0.4, 0.5) is 8.78 Å². The van der Waals surface area contributed by atoms with Crippen molar-refractivity contribution < 1.29 is 13.6 Å². The zero-order chi connectivity index (χ0) is 14.4. The summed E-state index contributed by atoms with van der Waals surface area (Å²) in [7, 11) is 0. The minimum absolute atomic E-state index is 0.0892. The van der Waals surface area contributed by atoms with Crippen molar-refractivity contribution in [1.82, 2.24) is 10.6 Å². The lowest BCUT2D eigenvalue weighted by molar-refractivity contribution is -0.121. The number of carbonyl (C=O) groups excluding carboxylic acids is 1. The first-order valence-electron chi connectivity index (χ1n) is 7.09. The highest BCUT2D eigenvalue weighted by Crippen LogP contribution is 2.17. The molecule has 1 aromatic carbocycles. The number of benzene rings is 1. The van der Waals surface area contributed by atoms with Gasteiger partial charge in [0, 0.05) is 18.2 Å². The maximum atomic E-state index is 13.4. The summed E-state index contributed by atoms with van der Waals surface area (Å²) in [4.78, 5) is 11.7. The Bertz CT molecular complexity index is 459. The molecule has 2 rings (SSSR count). The molecule has 110 valence electrons. The Balaban J connectivity index is 1.72. The fraction of sp³-hybridized carbons (Fsp3) is 0.533. The number of amides is 1. The van der Waals surface area contributed by atoms with Crippen LogP contribution in [0.2, 0.25) is 0 Å². The molecule has 0 aromatic heterocycles. The first-order chi connectivity index (χ1) is 9.65. The second kappa shape index (κ2) is 7.33. The molecule has 1 amide bonds. The summed E-state index contributed by atoms with van der Waals surface area (Å²) in [6.45, 7) is 0.258. The van der Waals surface area contributed by atoms with Crippen molar-refractivity contribution in [1.29, 1.82) is 0 Å². The van der Waals surface area contributed by atoms with Gasteiger partial charge in [-0.05, 0) is 31.0 Å². The van der Waals surface area contributed by atoms with Crippen molar-refractivity contribution in [2.75, 3.05) is 6.54 Å². The molecule has 0 radical (unpaired) electrons. The highest BCUT2D eigenvalue weighted by molar-refractivity contribution is 5.78. The molecule has 1 aliphatic rings. The third-order valence-corrected chi connectivity index (χ3v) is 3.58. The van der Waals surface area contributed by atoms with Crippen LogP contribution in [0.3, 0.4) is 0 Å². The van der Waals surface area contributed by atoms with Crippen molar-refractivity contribution in [3.05, 3.63) is 35.4 Å². The van der Waals surface area contributed by atoms with Crippen LogP contribution in [-0.2, 0) is 11.3 Å². The number of halogens is 2. The van der Waals surface area contributed by atoms with Crippen LogP contribution in [0, 0.1) is 11.6 Å². The van der Waals surface area contributed by atoms with Crippen LogP contribution in [0.15, 0.2) is 18.2 Å². The van der Waals surface area contributed by atoms with E-state index in [2.05, 4.69) is 10.6 Å². The Kier molecular flexibility index (Phi) is 5.47. The molecule has 0 heterocycles. The Labute approximate surface area is 117 Å². The van der Waals surface area contributed by atoms with E-state index in [1.807, 2.05) is 0 Å². The summed E-state index contributed by atoms with van der Waals surface area (Å²) in [6, 6.07) is 3.58. The maximum absolute atomic E-state index is 13.4. The molecular formula is C15H20F2N2O. The van der Waals surface area contributed by atoms with Gasteiger partial charge >= 0.3 is 0 Å². The van der Waals surface area contributed by atoms with E-state index in [9.17, 15) is 13.6 Å². The Morgan fingerprint density at radius 3 is 2.70 bits per heavy atom. The van der Waals surface area contributed by atoms with Gasteiger partial charge in [-0.3, -0.25) is 4.79 Å². The van der Waals surface area contributed by atoms with Crippen molar-refractivity contribution in [2.45, 2.75) is 44.7 Å². The molecule has 0 bridgehead atoms. The van der Waals surface area contributed by atoms with Crippen molar-refractivity contribution in [3.8, 4) is 0 Å². The average Bonchev–Trinajstić information content (AvgIpc) is 2.44. The summed E-state index contributed by atoms with van der Waals surface area (Å²) in [6.07, 6.45) is 5.62. The Morgan fingerprint density at radius 1 is 1.20 bits per heavy atom. The fourth-order valence-corrected chi connectivity index (χ4v) is 2.52. The minimum atomic E-state index is -0.477. The quantitative estimate of drug-likeness (QED) is 0.871. The van der Waals surface area contributed by atoms with Gasteiger partial charge in [0.25, 0.3) is 0 Å². The zero-order valence-corrected chi connectivity index (χ0v) is 11.4. The molecule has 0 saturated heterocycles. The maximum Gasteiger partial charge on any atom is 0.234 e. The van der Waals surface area contributed by atoms with Gasteiger partial charge in [0.1, 0.15) is 11.6 Å². The van der Waals surface area contributed by atoms with Gasteiger partial charge in [0.05, 0.1) is 6.54 Å². The molecule has 0 spiro atoms. The minimum Gasteiger partial charge on any atom is -0.352 e. The molecule has 0 atom stereocenters. The third-order valence-electron chi connectivity index (χ3n) is 3.58. The van der Waals surface area contributed by atoms with Crippen LogP contribution in [-0.4, -0.2) is 18.5 Å². The highest BCUT2D eigenvalue weighted by Gasteiger charge is 2.15. The second-order valence-corrected chi connectivity index (χ2v) is 5.24. The van der Waals surface area contributed by atoms with Crippen molar-refractivity contribution >= 4 is 5.91 Å². The van der Waals surface area contributed by atoms with Gasteiger partial charge < -0.3 is 10.6 Å². The lowest BCUT2D eigenvalue weighted by Gasteiger charge is -2.22. The summed E-state index contributed by atoms with van der Waals surface area (Å²) in [5.74, 6) is -1.03.